The van der Waals surface area contributed by atoms with Gasteiger partial charge < -0.3 is 15.7 Å². The molecule has 1 amide bonds. The van der Waals surface area contributed by atoms with Crippen LogP contribution < -0.4 is 10.6 Å². The maximum absolute atomic E-state index is 11.9. The van der Waals surface area contributed by atoms with Gasteiger partial charge in [0.25, 0.3) is 0 Å². The highest BCUT2D eigenvalue weighted by atomic mass is 16.4. The predicted molar refractivity (Wildman–Crippen MR) is 75.4 cm³/mol. The molecule has 0 bridgehead atoms. The number of carbonyl (C=O) groups is 2. The van der Waals surface area contributed by atoms with Crippen molar-refractivity contribution in [3.63, 3.8) is 0 Å². The van der Waals surface area contributed by atoms with E-state index in [1.165, 1.54) is 18.3 Å². The molecule has 0 aliphatic carbocycles. The van der Waals surface area contributed by atoms with E-state index >= 15 is 0 Å². The third kappa shape index (κ3) is 5.36. The number of aromatic nitrogens is 1. The summed E-state index contributed by atoms with van der Waals surface area (Å²) in [6, 6.07) is 2.54. The van der Waals surface area contributed by atoms with Gasteiger partial charge in [-0.1, -0.05) is 0 Å². The van der Waals surface area contributed by atoms with Crippen molar-refractivity contribution >= 4 is 11.9 Å². The zero-order valence-corrected chi connectivity index (χ0v) is 12.2. The number of carbonyl (C=O) groups excluding carboxylic acids is 1. The molecule has 0 unspecified atom stereocenters. The Labute approximate surface area is 118 Å². The van der Waals surface area contributed by atoms with Crippen molar-refractivity contribution < 1.29 is 14.7 Å². The summed E-state index contributed by atoms with van der Waals surface area (Å²) in [6.45, 7) is 7.82. The number of nitrogens with one attached hydrogen (secondary N) is 2. The largest absolute Gasteiger partial charge is 0.478 e. The standard InChI is InChI=1S/C14H21N3O3/c1-9(12(18)17-14(2,3)4)16-8-11-7-10(13(19)20)5-6-15-11/h5-7,9,16H,8H2,1-4H3,(H,17,18)(H,19,20)/t9-/m0/s1. The minimum absolute atomic E-state index is 0.105. The number of hydrogen-bond donors (Lipinski definition) is 3. The zero-order chi connectivity index (χ0) is 15.3. The molecule has 1 atom stereocenters. The monoisotopic (exact) mass is 279 g/mol. The van der Waals surface area contributed by atoms with Crippen LogP contribution in [0.5, 0.6) is 0 Å². The molecule has 0 saturated heterocycles. The summed E-state index contributed by atoms with van der Waals surface area (Å²) >= 11 is 0. The minimum atomic E-state index is -0.993. The Morgan fingerprint density at radius 1 is 1.40 bits per heavy atom. The molecule has 0 aromatic carbocycles. The van der Waals surface area contributed by atoms with Gasteiger partial charge in [0.1, 0.15) is 0 Å². The lowest BCUT2D eigenvalue weighted by Gasteiger charge is -2.23. The smallest absolute Gasteiger partial charge is 0.335 e. The van der Waals surface area contributed by atoms with Gasteiger partial charge in [-0.2, -0.15) is 0 Å². The summed E-state index contributed by atoms with van der Waals surface area (Å²) in [5, 5.41) is 14.8. The zero-order valence-electron chi connectivity index (χ0n) is 12.2. The molecule has 0 aliphatic heterocycles. The van der Waals surface area contributed by atoms with Crippen LogP contribution in [0.25, 0.3) is 0 Å². The van der Waals surface area contributed by atoms with E-state index in [2.05, 4.69) is 15.6 Å². The second-order valence-corrected chi connectivity index (χ2v) is 5.68. The van der Waals surface area contributed by atoms with Crippen molar-refractivity contribution in [2.75, 3.05) is 0 Å². The molecule has 6 heteroatoms. The number of nitrogens with zero attached hydrogens (tertiary/aromatic N) is 1. The van der Waals surface area contributed by atoms with Gasteiger partial charge in [0.2, 0.25) is 5.91 Å². The highest BCUT2D eigenvalue weighted by Crippen LogP contribution is 2.03. The number of carboxylic acids is 1. The number of pyridine rings is 1. The van der Waals surface area contributed by atoms with Gasteiger partial charge in [0.15, 0.2) is 0 Å². The molecule has 0 radical (unpaired) electrons. The summed E-state index contributed by atoms with van der Waals surface area (Å²) in [5.74, 6) is -1.10. The molecule has 1 rings (SSSR count). The van der Waals surface area contributed by atoms with Crippen LogP contribution in [0.4, 0.5) is 0 Å². The van der Waals surface area contributed by atoms with E-state index in [-0.39, 0.29) is 23.1 Å². The maximum Gasteiger partial charge on any atom is 0.335 e. The van der Waals surface area contributed by atoms with Crippen LogP contribution in [0.1, 0.15) is 43.7 Å². The molecule has 6 nitrogen and oxygen atoms in total. The van der Waals surface area contributed by atoms with Gasteiger partial charge in [0, 0.05) is 18.3 Å². The van der Waals surface area contributed by atoms with E-state index in [1.807, 2.05) is 20.8 Å². The molecule has 20 heavy (non-hydrogen) atoms. The normalized spacial score (nSPS) is 12.8. The van der Waals surface area contributed by atoms with E-state index in [0.717, 1.165) is 0 Å². The lowest BCUT2D eigenvalue weighted by Crippen LogP contribution is -2.49. The molecular formula is C14H21N3O3. The van der Waals surface area contributed by atoms with Crippen molar-refractivity contribution in [3.05, 3.63) is 29.6 Å². The molecule has 1 aromatic rings. The van der Waals surface area contributed by atoms with Crippen LogP contribution in [0.3, 0.4) is 0 Å². The van der Waals surface area contributed by atoms with E-state index in [4.69, 9.17) is 5.11 Å². The summed E-state index contributed by atoms with van der Waals surface area (Å²) in [6.07, 6.45) is 1.44. The Morgan fingerprint density at radius 2 is 2.05 bits per heavy atom. The summed E-state index contributed by atoms with van der Waals surface area (Å²) in [4.78, 5) is 26.8. The van der Waals surface area contributed by atoms with E-state index in [9.17, 15) is 9.59 Å². The van der Waals surface area contributed by atoms with Crippen molar-refractivity contribution in [3.8, 4) is 0 Å². The first-order valence-electron chi connectivity index (χ1n) is 6.42. The maximum atomic E-state index is 11.9. The SMILES string of the molecule is C[C@H](NCc1cc(C(=O)O)ccn1)C(=O)NC(C)(C)C. The van der Waals surface area contributed by atoms with Gasteiger partial charge in [-0.25, -0.2) is 4.79 Å². The lowest BCUT2D eigenvalue weighted by molar-refractivity contribution is -0.124. The number of hydrogen-bond acceptors (Lipinski definition) is 4. The molecule has 3 N–H and O–H groups in total. The Balaban J connectivity index is 2.56. The first-order chi connectivity index (χ1) is 9.19. The second kappa shape index (κ2) is 6.47. The number of carboxylic acid groups (broad SMARTS) is 1. The van der Waals surface area contributed by atoms with Crippen LogP contribution in [0.15, 0.2) is 18.3 Å². The molecule has 110 valence electrons. The Morgan fingerprint density at radius 3 is 2.60 bits per heavy atom. The Hall–Kier alpha value is -1.95. The lowest BCUT2D eigenvalue weighted by atomic mass is 10.1. The van der Waals surface area contributed by atoms with Crippen LogP contribution in [0.2, 0.25) is 0 Å². The molecule has 0 spiro atoms. The third-order valence-electron chi connectivity index (χ3n) is 2.54. The first kappa shape index (κ1) is 16.1. The predicted octanol–water partition coefficient (Wildman–Crippen LogP) is 1.17. The van der Waals surface area contributed by atoms with Crippen molar-refractivity contribution in [1.29, 1.82) is 0 Å². The van der Waals surface area contributed by atoms with Gasteiger partial charge in [-0.3, -0.25) is 9.78 Å². The van der Waals surface area contributed by atoms with Crippen molar-refractivity contribution in [2.24, 2.45) is 0 Å². The van der Waals surface area contributed by atoms with Gasteiger partial charge in [0.05, 0.1) is 17.3 Å². The topological polar surface area (TPSA) is 91.3 Å². The van der Waals surface area contributed by atoms with E-state index in [0.29, 0.717) is 12.2 Å². The van der Waals surface area contributed by atoms with Crippen molar-refractivity contribution in [2.45, 2.75) is 45.8 Å². The highest BCUT2D eigenvalue weighted by Gasteiger charge is 2.18. The molecule has 0 saturated carbocycles. The molecule has 0 fully saturated rings. The fraction of sp³-hybridized carbons (Fsp3) is 0.500. The second-order valence-electron chi connectivity index (χ2n) is 5.68. The summed E-state index contributed by atoms with van der Waals surface area (Å²) < 4.78 is 0. The van der Waals surface area contributed by atoms with Crippen LogP contribution in [-0.4, -0.2) is 33.5 Å². The Bertz CT molecular complexity index is 495. The number of aromatic carboxylic acids is 1. The van der Waals surface area contributed by atoms with E-state index < -0.39 is 5.97 Å². The molecule has 1 aromatic heterocycles. The summed E-state index contributed by atoms with van der Waals surface area (Å²) in [7, 11) is 0. The molecule has 0 aliphatic rings. The van der Waals surface area contributed by atoms with Crippen LogP contribution in [-0.2, 0) is 11.3 Å². The minimum Gasteiger partial charge on any atom is -0.478 e. The number of rotatable bonds is 5. The molecule has 1 heterocycles. The summed E-state index contributed by atoms with van der Waals surface area (Å²) in [5.41, 5.74) is 0.484. The van der Waals surface area contributed by atoms with E-state index in [1.54, 1.807) is 6.92 Å². The van der Waals surface area contributed by atoms with Gasteiger partial charge in [-0.05, 0) is 39.8 Å². The third-order valence-corrected chi connectivity index (χ3v) is 2.54. The van der Waals surface area contributed by atoms with Crippen LogP contribution >= 0.6 is 0 Å². The highest BCUT2D eigenvalue weighted by molar-refractivity contribution is 5.87. The quantitative estimate of drug-likeness (QED) is 0.752. The van der Waals surface area contributed by atoms with Crippen molar-refractivity contribution in [1.82, 2.24) is 15.6 Å². The number of amides is 1. The van der Waals surface area contributed by atoms with Gasteiger partial charge >= 0.3 is 5.97 Å². The van der Waals surface area contributed by atoms with Crippen LogP contribution in [0, 0.1) is 0 Å². The first-order valence-corrected chi connectivity index (χ1v) is 6.42. The fourth-order valence-electron chi connectivity index (χ4n) is 1.54. The average Bonchev–Trinajstić information content (AvgIpc) is 2.34. The average molecular weight is 279 g/mol. The Kier molecular flexibility index (Phi) is 5.21. The fourth-order valence-corrected chi connectivity index (χ4v) is 1.54. The molecular weight excluding hydrogens is 258 g/mol. The van der Waals surface area contributed by atoms with Gasteiger partial charge in [-0.15, -0.1) is 0 Å².